The molecular formula is C25H29N3O6. The zero-order valence-corrected chi connectivity index (χ0v) is 19.7. The summed E-state index contributed by atoms with van der Waals surface area (Å²) in [5.41, 5.74) is 0.311. The topological polar surface area (TPSA) is 114 Å². The number of carbonyl (C=O) groups excluding carboxylic acids is 4. The van der Waals surface area contributed by atoms with Gasteiger partial charge in [0.15, 0.2) is 0 Å². The molecule has 0 unspecified atom stereocenters. The average molecular weight is 468 g/mol. The summed E-state index contributed by atoms with van der Waals surface area (Å²) in [5.74, 6) is -1.50. The summed E-state index contributed by atoms with van der Waals surface area (Å²) in [6.07, 6.45) is 0.617. The highest BCUT2D eigenvalue weighted by atomic mass is 16.6. The lowest BCUT2D eigenvalue weighted by molar-refractivity contribution is -0.120. The van der Waals surface area contributed by atoms with E-state index in [1.807, 2.05) is 0 Å². The van der Waals surface area contributed by atoms with E-state index in [4.69, 9.17) is 9.47 Å². The molecule has 3 rings (SSSR count). The van der Waals surface area contributed by atoms with Crippen LogP contribution >= 0.6 is 0 Å². The highest BCUT2D eigenvalue weighted by Gasteiger charge is 2.37. The molecule has 1 saturated heterocycles. The van der Waals surface area contributed by atoms with Crippen LogP contribution in [0.1, 0.15) is 54.3 Å². The van der Waals surface area contributed by atoms with Crippen LogP contribution in [0.2, 0.25) is 0 Å². The van der Waals surface area contributed by atoms with Crippen LogP contribution in [0.5, 0.6) is 0 Å². The lowest BCUT2D eigenvalue weighted by Crippen LogP contribution is -2.45. The molecule has 3 amide bonds. The van der Waals surface area contributed by atoms with Crippen molar-refractivity contribution in [3.05, 3.63) is 59.7 Å². The number of ether oxygens (including phenoxy) is 2. The van der Waals surface area contributed by atoms with E-state index in [0.29, 0.717) is 19.4 Å². The molecule has 0 aromatic heterocycles. The van der Waals surface area contributed by atoms with E-state index < -0.39 is 35.5 Å². The van der Waals surface area contributed by atoms with Crippen molar-refractivity contribution < 1.29 is 28.7 Å². The van der Waals surface area contributed by atoms with Crippen LogP contribution in [0.15, 0.2) is 48.5 Å². The number of amides is 3. The number of benzene rings is 2. The van der Waals surface area contributed by atoms with Gasteiger partial charge in [-0.3, -0.25) is 14.5 Å². The minimum atomic E-state index is -0.703. The van der Waals surface area contributed by atoms with E-state index >= 15 is 0 Å². The molecule has 0 radical (unpaired) electrons. The lowest BCUT2D eigenvalue weighted by Gasteiger charge is -2.28. The maximum absolute atomic E-state index is 13.1. The van der Waals surface area contributed by atoms with Crippen molar-refractivity contribution in [2.45, 2.75) is 45.3 Å². The molecule has 9 heteroatoms. The largest absolute Gasteiger partial charge is 0.465 e. The number of esters is 1. The molecule has 0 bridgehead atoms. The number of nitrogens with zero attached hydrogens (tertiary/aromatic N) is 1. The Hall–Kier alpha value is -3.88. The average Bonchev–Trinajstić information content (AvgIpc) is 3.28. The van der Waals surface area contributed by atoms with E-state index in [9.17, 15) is 19.2 Å². The lowest BCUT2D eigenvalue weighted by atomic mass is 10.1. The zero-order chi connectivity index (χ0) is 24.9. The number of carbonyl (C=O) groups is 4. The zero-order valence-electron chi connectivity index (χ0n) is 19.7. The van der Waals surface area contributed by atoms with Crippen molar-refractivity contribution in [2.24, 2.45) is 0 Å². The summed E-state index contributed by atoms with van der Waals surface area (Å²) < 4.78 is 10.2. The fourth-order valence-corrected chi connectivity index (χ4v) is 3.65. The second kappa shape index (κ2) is 10.4. The van der Waals surface area contributed by atoms with Crippen LogP contribution in [0.25, 0.3) is 0 Å². The Labute approximate surface area is 198 Å². The van der Waals surface area contributed by atoms with E-state index in [2.05, 4.69) is 10.6 Å². The molecule has 1 fully saturated rings. The van der Waals surface area contributed by atoms with Crippen molar-refractivity contribution in [1.82, 2.24) is 4.90 Å². The van der Waals surface area contributed by atoms with Crippen LogP contribution in [0, 0.1) is 0 Å². The second-order valence-electron chi connectivity index (χ2n) is 8.86. The van der Waals surface area contributed by atoms with E-state index in [-0.39, 0.29) is 22.5 Å². The molecule has 2 aromatic rings. The van der Waals surface area contributed by atoms with Gasteiger partial charge in [0.05, 0.1) is 29.6 Å². The Morgan fingerprint density at radius 2 is 1.50 bits per heavy atom. The van der Waals surface area contributed by atoms with Crippen molar-refractivity contribution in [3.8, 4) is 0 Å². The molecule has 0 aliphatic carbocycles. The van der Waals surface area contributed by atoms with Gasteiger partial charge in [0.1, 0.15) is 11.6 Å². The van der Waals surface area contributed by atoms with Gasteiger partial charge in [-0.15, -0.1) is 0 Å². The Bertz CT molecular complexity index is 1090. The Kier molecular flexibility index (Phi) is 7.55. The normalized spacial score (nSPS) is 15.4. The second-order valence-corrected chi connectivity index (χ2v) is 8.86. The van der Waals surface area contributed by atoms with E-state index in [0.717, 1.165) is 0 Å². The van der Waals surface area contributed by atoms with Crippen molar-refractivity contribution in [1.29, 1.82) is 0 Å². The molecule has 34 heavy (non-hydrogen) atoms. The van der Waals surface area contributed by atoms with Gasteiger partial charge in [-0.25, -0.2) is 9.59 Å². The molecule has 2 N–H and O–H groups in total. The molecule has 2 aromatic carbocycles. The molecule has 1 aliphatic rings. The quantitative estimate of drug-likeness (QED) is 0.641. The highest BCUT2D eigenvalue weighted by Crippen LogP contribution is 2.24. The SMILES string of the molecule is COC(=O)c1ccccc1NC(=O)c1ccccc1NC(=O)[C@@H]1CCCN1C(=O)OC(C)(C)C. The first-order valence-corrected chi connectivity index (χ1v) is 11.0. The summed E-state index contributed by atoms with van der Waals surface area (Å²) in [5, 5.41) is 5.48. The number of anilines is 2. The van der Waals surface area contributed by atoms with Crippen LogP contribution in [0.4, 0.5) is 16.2 Å². The van der Waals surface area contributed by atoms with Gasteiger partial charge >= 0.3 is 12.1 Å². The number of hydrogen-bond acceptors (Lipinski definition) is 6. The third kappa shape index (κ3) is 5.92. The maximum Gasteiger partial charge on any atom is 0.410 e. The molecule has 0 saturated carbocycles. The fourth-order valence-electron chi connectivity index (χ4n) is 3.65. The van der Waals surface area contributed by atoms with Crippen LogP contribution in [0.3, 0.4) is 0 Å². The summed E-state index contributed by atoms with van der Waals surface area (Å²) in [7, 11) is 1.26. The smallest absolute Gasteiger partial charge is 0.410 e. The summed E-state index contributed by atoms with van der Waals surface area (Å²) >= 11 is 0. The molecule has 1 atom stereocenters. The molecule has 1 heterocycles. The van der Waals surface area contributed by atoms with Crippen LogP contribution < -0.4 is 10.6 Å². The molecule has 180 valence electrons. The Balaban J connectivity index is 1.77. The van der Waals surface area contributed by atoms with Crippen molar-refractivity contribution in [3.63, 3.8) is 0 Å². The monoisotopic (exact) mass is 467 g/mol. The molecule has 1 aliphatic heterocycles. The van der Waals surface area contributed by atoms with Gasteiger partial charge in [-0.2, -0.15) is 0 Å². The number of nitrogens with one attached hydrogen (secondary N) is 2. The van der Waals surface area contributed by atoms with Gasteiger partial charge in [0, 0.05) is 6.54 Å². The third-order valence-electron chi connectivity index (χ3n) is 5.19. The van der Waals surface area contributed by atoms with Crippen LogP contribution in [-0.4, -0.2) is 54.1 Å². The van der Waals surface area contributed by atoms with E-state index in [1.54, 1.807) is 69.3 Å². The van der Waals surface area contributed by atoms with Gasteiger partial charge in [0.25, 0.3) is 5.91 Å². The molecular weight excluding hydrogens is 438 g/mol. The van der Waals surface area contributed by atoms with Gasteiger partial charge in [-0.1, -0.05) is 24.3 Å². The maximum atomic E-state index is 13.1. The summed E-state index contributed by atoms with van der Waals surface area (Å²) in [6.45, 7) is 5.72. The van der Waals surface area contributed by atoms with Gasteiger partial charge in [-0.05, 0) is 57.9 Å². The standard InChI is InChI=1S/C25H29N3O6/c1-25(2,3)34-24(32)28-15-9-14-20(28)22(30)27-18-12-7-5-10-16(18)21(29)26-19-13-8-6-11-17(19)23(31)33-4/h5-8,10-13,20H,9,14-15H2,1-4H3,(H,26,29)(H,27,30)/t20-/m0/s1. The van der Waals surface area contributed by atoms with Crippen molar-refractivity contribution in [2.75, 3.05) is 24.3 Å². The van der Waals surface area contributed by atoms with E-state index in [1.165, 1.54) is 12.0 Å². The fraction of sp³-hybridized carbons (Fsp3) is 0.360. The number of methoxy groups -OCH3 is 1. The third-order valence-corrected chi connectivity index (χ3v) is 5.19. The first-order chi connectivity index (χ1) is 16.1. The number of likely N-dealkylation sites (tertiary alicyclic amines) is 1. The van der Waals surface area contributed by atoms with Crippen LogP contribution in [-0.2, 0) is 14.3 Å². The van der Waals surface area contributed by atoms with Crippen molar-refractivity contribution >= 4 is 35.3 Å². The molecule has 0 spiro atoms. The summed E-state index contributed by atoms with van der Waals surface area (Å²) in [6, 6.07) is 12.3. The van der Waals surface area contributed by atoms with Gasteiger partial charge < -0.3 is 20.1 Å². The predicted octanol–water partition coefficient (Wildman–Crippen LogP) is 4.06. The number of para-hydroxylation sites is 2. The number of rotatable bonds is 5. The Morgan fingerprint density at radius 3 is 2.12 bits per heavy atom. The Morgan fingerprint density at radius 1 is 0.912 bits per heavy atom. The number of hydrogen-bond donors (Lipinski definition) is 2. The minimum Gasteiger partial charge on any atom is -0.465 e. The summed E-state index contributed by atoms with van der Waals surface area (Å²) in [4.78, 5) is 52.1. The first kappa shape index (κ1) is 24.8. The predicted molar refractivity (Wildman–Crippen MR) is 127 cm³/mol. The minimum absolute atomic E-state index is 0.206. The first-order valence-electron chi connectivity index (χ1n) is 11.0. The molecule has 9 nitrogen and oxygen atoms in total. The highest BCUT2D eigenvalue weighted by molar-refractivity contribution is 6.12. The van der Waals surface area contributed by atoms with Gasteiger partial charge in [0.2, 0.25) is 5.91 Å².